The third-order valence-electron chi connectivity index (χ3n) is 4.76. The molecular formula is C12H22O. The summed E-state index contributed by atoms with van der Waals surface area (Å²) in [5.41, 5.74) is -0.0909. The molecule has 2 aliphatic rings. The normalized spacial score (nSPS) is 51.5. The van der Waals surface area contributed by atoms with Crippen LogP contribution in [0, 0.1) is 11.3 Å². The fourth-order valence-electron chi connectivity index (χ4n) is 3.65. The van der Waals surface area contributed by atoms with Crippen molar-refractivity contribution in [3.63, 3.8) is 0 Å². The zero-order valence-electron chi connectivity index (χ0n) is 8.97. The standard InChI is InChI=1S/C12H22O/c1-10-6-5-8-11(2)7-3-4-9-12(10,11)13/h10,13H,3-9H2,1-2H3/t10?,11-,12?/m1/s1. The lowest BCUT2D eigenvalue weighted by atomic mass is 9.54. The largest absolute Gasteiger partial charge is 0.389 e. The number of hydrogen-bond donors (Lipinski definition) is 1. The molecule has 2 rings (SSSR count). The highest BCUT2D eigenvalue weighted by molar-refractivity contribution is 5.04. The number of hydrogen-bond acceptors (Lipinski definition) is 1. The van der Waals surface area contributed by atoms with Crippen LogP contribution >= 0.6 is 0 Å². The predicted molar refractivity (Wildman–Crippen MR) is 54.5 cm³/mol. The Morgan fingerprint density at radius 2 is 1.69 bits per heavy atom. The molecule has 3 atom stereocenters. The summed E-state index contributed by atoms with van der Waals surface area (Å²) in [5.74, 6) is 0.520. The van der Waals surface area contributed by atoms with Gasteiger partial charge in [-0.05, 0) is 37.0 Å². The fourth-order valence-corrected chi connectivity index (χ4v) is 3.65. The molecule has 1 N–H and O–H groups in total. The van der Waals surface area contributed by atoms with Crippen LogP contribution in [-0.2, 0) is 0 Å². The number of rotatable bonds is 0. The average molecular weight is 182 g/mol. The molecule has 0 amide bonds. The van der Waals surface area contributed by atoms with E-state index in [1.54, 1.807) is 0 Å². The van der Waals surface area contributed by atoms with Crippen LogP contribution in [0.4, 0.5) is 0 Å². The van der Waals surface area contributed by atoms with E-state index < -0.39 is 0 Å². The van der Waals surface area contributed by atoms with Gasteiger partial charge in [-0.25, -0.2) is 0 Å². The van der Waals surface area contributed by atoms with Gasteiger partial charge in [0, 0.05) is 0 Å². The average Bonchev–Trinajstić information content (AvgIpc) is 2.09. The summed E-state index contributed by atoms with van der Waals surface area (Å²) < 4.78 is 0. The van der Waals surface area contributed by atoms with Crippen LogP contribution in [0.15, 0.2) is 0 Å². The molecule has 2 aliphatic carbocycles. The Balaban J connectivity index is 2.27. The molecule has 13 heavy (non-hydrogen) atoms. The Hall–Kier alpha value is -0.0400. The second-order valence-corrected chi connectivity index (χ2v) is 5.49. The summed E-state index contributed by atoms with van der Waals surface area (Å²) in [7, 11) is 0. The van der Waals surface area contributed by atoms with E-state index in [-0.39, 0.29) is 11.0 Å². The van der Waals surface area contributed by atoms with Crippen molar-refractivity contribution in [3.8, 4) is 0 Å². The summed E-state index contributed by atoms with van der Waals surface area (Å²) in [6, 6.07) is 0. The van der Waals surface area contributed by atoms with Crippen LogP contribution in [0.3, 0.4) is 0 Å². The van der Waals surface area contributed by atoms with Crippen molar-refractivity contribution < 1.29 is 5.11 Å². The smallest absolute Gasteiger partial charge is 0.0726 e. The first-order valence-corrected chi connectivity index (χ1v) is 5.81. The minimum absolute atomic E-state index is 0.239. The number of fused-ring (bicyclic) bond motifs is 1. The maximum atomic E-state index is 10.7. The van der Waals surface area contributed by atoms with Gasteiger partial charge in [0.15, 0.2) is 0 Å². The quantitative estimate of drug-likeness (QED) is 0.610. The van der Waals surface area contributed by atoms with Crippen molar-refractivity contribution in [1.29, 1.82) is 0 Å². The van der Waals surface area contributed by atoms with Crippen LogP contribution in [0.5, 0.6) is 0 Å². The van der Waals surface area contributed by atoms with Crippen molar-refractivity contribution in [3.05, 3.63) is 0 Å². The molecule has 0 aromatic heterocycles. The molecule has 0 heterocycles. The van der Waals surface area contributed by atoms with E-state index >= 15 is 0 Å². The molecule has 2 fully saturated rings. The van der Waals surface area contributed by atoms with Crippen molar-refractivity contribution in [2.45, 2.75) is 64.4 Å². The lowest BCUT2D eigenvalue weighted by Gasteiger charge is -2.55. The van der Waals surface area contributed by atoms with Gasteiger partial charge in [0.2, 0.25) is 0 Å². The summed E-state index contributed by atoms with van der Waals surface area (Å²) >= 11 is 0. The van der Waals surface area contributed by atoms with Crippen LogP contribution in [0.25, 0.3) is 0 Å². The first-order chi connectivity index (χ1) is 6.08. The Morgan fingerprint density at radius 1 is 1.08 bits per heavy atom. The monoisotopic (exact) mass is 182 g/mol. The molecule has 1 nitrogen and oxygen atoms in total. The Kier molecular flexibility index (Phi) is 2.18. The zero-order chi connectivity index (χ0) is 9.53. The maximum Gasteiger partial charge on any atom is 0.0726 e. The van der Waals surface area contributed by atoms with Gasteiger partial charge in [0.05, 0.1) is 5.60 Å². The van der Waals surface area contributed by atoms with Crippen LogP contribution in [-0.4, -0.2) is 10.7 Å². The molecule has 0 spiro atoms. The molecule has 2 saturated carbocycles. The summed E-state index contributed by atoms with van der Waals surface area (Å²) in [4.78, 5) is 0. The number of aliphatic hydroxyl groups is 1. The lowest BCUT2D eigenvalue weighted by Crippen LogP contribution is -2.55. The SMILES string of the molecule is CC1CCC[C@@]2(C)CCCCC12O. The minimum Gasteiger partial charge on any atom is -0.389 e. The molecule has 0 aromatic rings. The van der Waals surface area contributed by atoms with E-state index in [4.69, 9.17) is 0 Å². The van der Waals surface area contributed by atoms with Crippen molar-refractivity contribution in [2.75, 3.05) is 0 Å². The molecule has 0 aliphatic heterocycles. The van der Waals surface area contributed by atoms with Gasteiger partial charge in [-0.15, -0.1) is 0 Å². The van der Waals surface area contributed by atoms with Crippen LogP contribution in [0.1, 0.15) is 58.8 Å². The van der Waals surface area contributed by atoms with E-state index in [2.05, 4.69) is 13.8 Å². The highest BCUT2D eigenvalue weighted by atomic mass is 16.3. The van der Waals surface area contributed by atoms with Gasteiger partial charge in [-0.1, -0.05) is 33.1 Å². The summed E-state index contributed by atoms with van der Waals surface area (Å²) in [6.07, 6.45) is 8.64. The summed E-state index contributed by atoms with van der Waals surface area (Å²) in [5, 5.41) is 10.7. The molecule has 0 saturated heterocycles. The van der Waals surface area contributed by atoms with E-state index in [0.29, 0.717) is 5.92 Å². The predicted octanol–water partition coefficient (Wildman–Crippen LogP) is 3.12. The van der Waals surface area contributed by atoms with E-state index in [0.717, 1.165) is 6.42 Å². The minimum atomic E-state index is -0.330. The lowest BCUT2D eigenvalue weighted by molar-refractivity contribution is -0.164. The maximum absolute atomic E-state index is 10.7. The Bertz CT molecular complexity index is 197. The zero-order valence-corrected chi connectivity index (χ0v) is 8.97. The molecule has 2 unspecified atom stereocenters. The first-order valence-electron chi connectivity index (χ1n) is 5.81. The highest BCUT2D eigenvalue weighted by Gasteiger charge is 2.52. The highest BCUT2D eigenvalue weighted by Crippen LogP contribution is 2.55. The Morgan fingerprint density at radius 3 is 2.38 bits per heavy atom. The van der Waals surface area contributed by atoms with Crippen molar-refractivity contribution in [2.24, 2.45) is 11.3 Å². The third kappa shape index (κ3) is 1.24. The van der Waals surface area contributed by atoms with Crippen LogP contribution < -0.4 is 0 Å². The topological polar surface area (TPSA) is 20.2 Å². The van der Waals surface area contributed by atoms with Gasteiger partial charge in [-0.3, -0.25) is 0 Å². The van der Waals surface area contributed by atoms with Gasteiger partial charge in [0.25, 0.3) is 0 Å². The molecule has 76 valence electrons. The van der Waals surface area contributed by atoms with E-state index in [1.807, 2.05) is 0 Å². The molecule has 0 bridgehead atoms. The van der Waals surface area contributed by atoms with Gasteiger partial charge in [0.1, 0.15) is 0 Å². The second-order valence-electron chi connectivity index (χ2n) is 5.49. The third-order valence-corrected chi connectivity index (χ3v) is 4.76. The fraction of sp³-hybridized carbons (Fsp3) is 1.00. The van der Waals surface area contributed by atoms with E-state index in [9.17, 15) is 5.11 Å². The Labute approximate surface area is 81.5 Å². The van der Waals surface area contributed by atoms with Crippen LogP contribution in [0.2, 0.25) is 0 Å². The molecular weight excluding hydrogens is 160 g/mol. The van der Waals surface area contributed by atoms with Gasteiger partial charge >= 0.3 is 0 Å². The van der Waals surface area contributed by atoms with Gasteiger partial charge < -0.3 is 5.11 Å². The van der Waals surface area contributed by atoms with Crippen molar-refractivity contribution >= 4 is 0 Å². The first kappa shape index (κ1) is 9.51. The van der Waals surface area contributed by atoms with Gasteiger partial charge in [-0.2, -0.15) is 0 Å². The second kappa shape index (κ2) is 2.98. The molecule has 0 radical (unpaired) electrons. The summed E-state index contributed by atoms with van der Waals surface area (Å²) in [6.45, 7) is 4.55. The van der Waals surface area contributed by atoms with E-state index in [1.165, 1.54) is 38.5 Å². The molecule has 1 heteroatoms. The van der Waals surface area contributed by atoms with Crippen molar-refractivity contribution in [1.82, 2.24) is 0 Å². The molecule has 0 aromatic carbocycles.